The molecule has 2 amide bonds. The van der Waals surface area contributed by atoms with Crippen LogP contribution in [0, 0.1) is 5.92 Å². The van der Waals surface area contributed by atoms with Gasteiger partial charge in [0.2, 0.25) is 11.8 Å². The molecule has 0 N–H and O–H groups in total. The Bertz CT molecular complexity index is 542. The van der Waals surface area contributed by atoms with Crippen LogP contribution < -0.4 is 9.64 Å². The maximum Gasteiger partial charge on any atom is 0.249 e. The van der Waals surface area contributed by atoms with Crippen molar-refractivity contribution in [2.45, 2.75) is 26.8 Å². The molecule has 5 heteroatoms. The zero-order valence-corrected chi connectivity index (χ0v) is 13.0. The second kappa shape index (κ2) is 6.16. The average Bonchev–Trinajstić information content (AvgIpc) is 2.49. The van der Waals surface area contributed by atoms with Crippen molar-refractivity contribution in [3.8, 4) is 5.75 Å². The molecule has 0 aliphatic carbocycles. The molecule has 0 saturated carbocycles. The lowest BCUT2D eigenvalue weighted by Crippen LogP contribution is -2.58. The van der Waals surface area contributed by atoms with E-state index in [-0.39, 0.29) is 17.7 Å². The first-order valence-electron chi connectivity index (χ1n) is 7.21. The zero-order chi connectivity index (χ0) is 15.6. The van der Waals surface area contributed by atoms with Crippen molar-refractivity contribution < 1.29 is 14.3 Å². The van der Waals surface area contributed by atoms with Gasteiger partial charge in [-0.25, -0.2) is 0 Å². The number of rotatable bonds is 3. The van der Waals surface area contributed by atoms with Crippen LogP contribution in [0.5, 0.6) is 5.75 Å². The van der Waals surface area contributed by atoms with Crippen molar-refractivity contribution in [2.24, 2.45) is 5.92 Å². The molecule has 2 rings (SSSR count). The van der Waals surface area contributed by atoms with E-state index in [4.69, 9.17) is 4.74 Å². The molecule has 1 atom stereocenters. The van der Waals surface area contributed by atoms with Gasteiger partial charge in [-0.05, 0) is 19.1 Å². The molecule has 0 aromatic heterocycles. The molecule has 1 aliphatic heterocycles. The van der Waals surface area contributed by atoms with Crippen molar-refractivity contribution in [1.82, 2.24) is 4.90 Å². The Kier molecular flexibility index (Phi) is 4.50. The fourth-order valence-corrected chi connectivity index (χ4v) is 2.54. The Balaban J connectivity index is 2.19. The van der Waals surface area contributed by atoms with Crippen molar-refractivity contribution in [2.75, 3.05) is 25.1 Å². The van der Waals surface area contributed by atoms with Gasteiger partial charge in [-0.3, -0.25) is 9.59 Å². The summed E-state index contributed by atoms with van der Waals surface area (Å²) in [5.74, 6) is 0.599. The number of piperazine rings is 1. The number of ether oxygens (including phenoxy) is 1. The van der Waals surface area contributed by atoms with Crippen LogP contribution in [0.3, 0.4) is 0 Å². The van der Waals surface area contributed by atoms with Crippen molar-refractivity contribution in [1.29, 1.82) is 0 Å². The van der Waals surface area contributed by atoms with Gasteiger partial charge in [0, 0.05) is 30.8 Å². The predicted octanol–water partition coefficient (Wildman–Crippen LogP) is 1.91. The Morgan fingerprint density at radius 3 is 2.67 bits per heavy atom. The van der Waals surface area contributed by atoms with Crippen molar-refractivity contribution in [3.63, 3.8) is 0 Å². The highest BCUT2D eigenvalue weighted by atomic mass is 16.5. The smallest absolute Gasteiger partial charge is 0.249 e. The Hall–Kier alpha value is -2.04. The van der Waals surface area contributed by atoms with Gasteiger partial charge < -0.3 is 14.5 Å². The maximum absolute atomic E-state index is 12.6. The molecule has 1 aliphatic rings. The second-order valence-corrected chi connectivity index (χ2v) is 5.55. The minimum atomic E-state index is -0.431. The highest BCUT2D eigenvalue weighted by Gasteiger charge is 2.35. The standard InChI is InChI=1S/C16H22N2O3/c1-11(2)15(19)17-8-9-18(16(20)12(17)3)13-6-5-7-14(10-13)21-4/h5-7,10-12H,8-9H2,1-4H3/t12-/m0/s1. The minimum Gasteiger partial charge on any atom is -0.497 e. The summed E-state index contributed by atoms with van der Waals surface area (Å²) in [7, 11) is 1.60. The fraction of sp³-hybridized carbons (Fsp3) is 0.500. The lowest BCUT2D eigenvalue weighted by molar-refractivity contribution is -0.143. The van der Waals surface area contributed by atoms with Gasteiger partial charge in [0.05, 0.1) is 7.11 Å². The van der Waals surface area contributed by atoms with Crippen molar-refractivity contribution in [3.05, 3.63) is 24.3 Å². The van der Waals surface area contributed by atoms with E-state index in [1.807, 2.05) is 38.1 Å². The van der Waals surface area contributed by atoms with Gasteiger partial charge in [0.1, 0.15) is 11.8 Å². The normalized spacial score (nSPS) is 19.1. The Morgan fingerprint density at radius 1 is 1.33 bits per heavy atom. The van der Waals surface area contributed by atoms with E-state index in [1.165, 1.54) is 0 Å². The largest absolute Gasteiger partial charge is 0.497 e. The van der Waals surface area contributed by atoms with Crippen LogP contribution in [0.2, 0.25) is 0 Å². The average molecular weight is 290 g/mol. The van der Waals surface area contributed by atoms with Crippen LogP contribution in [0.25, 0.3) is 0 Å². The topological polar surface area (TPSA) is 49.9 Å². The van der Waals surface area contributed by atoms with Crippen LogP contribution in [-0.4, -0.2) is 43.0 Å². The maximum atomic E-state index is 12.6. The van der Waals surface area contributed by atoms with E-state index in [2.05, 4.69) is 0 Å². The molecule has 0 radical (unpaired) electrons. The first-order valence-corrected chi connectivity index (χ1v) is 7.21. The van der Waals surface area contributed by atoms with Gasteiger partial charge in [-0.2, -0.15) is 0 Å². The highest BCUT2D eigenvalue weighted by Crippen LogP contribution is 2.25. The number of hydrogen-bond acceptors (Lipinski definition) is 3. The summed E-state index contributed by atoms with van der Waals surface area (Å²) >= 11 is 0. The van der Waals surface area contributed by atoms with Crippen LogP contribution >= 0.6 is 0 Å². The number of carbonyl (C=O) groups excluding carboxylic acids is 2. The monoisotopic (exact) mass is 290 g/mol. The van der Waals surface area contributed by atoms with Crippen LogP contribution in [0.1, 0.15) is 20.8 Å². The lowest BCUT2D eigenvalue weighted by Gasteiger charge is -2.39. The van der Waals surface area contributed by atoms with Crippen LogP contribution in [0.15, 0.2) is 24.3 Å². The molecule has 114 valence electrons. The third-order valence-electron chi connectivity index (χ3n) is 3.80. The second-order valence-electron chi connectivity index (χ2n) is 5.55. The van der Waals surface area contributed by atoms with E-state index in [1.54, 1.807) is 23.8 Å². The summed E-state index contributed by atoms with van der Waals surface area (Å²) in [5, 5.41) is 0. The molecule has 1 saturated heterocycles. The van der Waals surface area contributed by atoms with Gasteiger partial charge in [0.25, 0.3) is 0 Å². The molecule has 21 heavy (non-hydrogen) atoms. The first-order chi connectivity index (χ1) is 9.95. The summed E-state index contributed by atoms with van der Waals surface area (Å²) in [6, 6.07) is 6.99. The Morgan fingerprint density at radius 2 is 2.05 bits per heavy atom. The number of methoxy groups -OCH3 is 1. The first kappa shape index (κ1) is 15.4. The van der Waals surface area contributed by atoms with E-state index >= 15 is 0 Å². The van der Waals surface area contributed by atoms with Gasteiger partial charge in [-0.1, -0.05) is 19.9 Å². The highest BCUT2D eigenvalue weighted by molar-refractivity contribution is 6.00. The fourth-order valence-electron chi connectivity index (χ4n) is 2.54. The van der Waals surface area contributed by atoms with E-state index < -0.39 is 6.04 Å². The molecular weight excluding hydrogens is 268 g/mol. The molecular formula is C16H22N2O3. The quantitative estimate of drug-likeness (QED) is 0.854. The molecule has 1 aromatic carbocycles. The summed E-state index contributed by atoms with van der Waals surface area (Å²) < 4.78 is 5.20. The number of hydrogen-bond donors (Lipinski definition) is 0. The van der Waals surface area contributed by atoms with Gasteiger partial charge >= 0.3 is 0 Å². The number of anilines is 1. The zero-order valence-electron chi connectivity index (χ0n) is 13.0. The minimum absolute atomic E-state index is 0.0288. The lowest BCUT2D eigenvalue weighted by atomic mass is 10.1. The van der Waals surface area contributed by atoms with E-state index in [0.29, 0.717) is 18.8 Å². The van der Waals surface area contributed by atoms with Crippen LogP contribution in [-0.2, 0) is 9.59 Å². The number of amides is 2. The molecule has 1 aromatic rings. The number of benzene rings is 1. The molecule has 0 unspecified atom stereocenters. The molecule has 0 bridgehead atoms. The molecule has 5 nitrogen and oxygen atoms in total. The number of carbonyl (C=O) groups is 2. The third kappa shape index (κ3) is 3.01. The summed E-state index contributed by atoms with van der Waals surface area (Å²) in [6.07, 6.45) is 0. The Labute approximate surface area is 125 Å². The van der Waals surface area contributed by atoms with Crippen LogP contribution in [0.4, 0.5) is 5.69 Å². The summed E-state index contributed by atoms with van der Waals surface area (Å²) in [5.41, 5.74) is 0.808. The van der Waals surface area contributed by atoms with E-state index in [9.17, 15) is 9.59 Å². The van der Waals surface area contributed by atoms with Gasteiger partial charge in [0.15, 0.2) is 0 Å². The van der Waals surface area contributed by atoms with E-state index in [0.717, 1.165) is 5.69 Å². The molecule has 0 spiro atoms. The summed E-state index contributed by atoms with van der Waals surface area (Å²) in [6.45, 7) is 6.56. The molecule has 1 fully saturated rings. The van der Waals surface area contributed by atoms with Crippen molar-refractivity contribution >= 4 is 17.5 Å². The molecule has 1 heterocycles. The predicted molar refractivity (Wildman–Crippen MR) is 81.4 cm³/mol. The number of nitrogens with zero attached hydrogens (tertiary/aromatic N) is 2. The SMILES string of the molecule is COc1cccc(N2CCN(C(=O)C(C)C)[C@@H](C)C2=O)c1. The third-order valence-corrected chi connectivity index (χ3v) is 3.80. The summed E-state index contributed by atoms with van der Waals surface area (Å²) in [4.78, 5) is 28.1. The van der Waals surface area contributed by atoms with Gasteiger partial charge in [-0.15, -0.1) is 0 Å².